The third-order valence-corrected chi connectivity index (χ3v) is 3.50. The van der Waals surface area contributed by atoms with E-state index in [1.165, 1.54) is 21.9 Å². The monoisotopic (exact) mass is 241 g/mol. The summed E-state index contributed by atoms with van der Waals surface area (Å²) in [7, 11) is 0. The van der Waals surface area contributed by atoms with Gasteiger partial charge in [-0.2, -0.15) is 0 Å². The molecule has 0 unspecified atom stereocenters. The van der Waals surface area contributed by atoms with Crippen LogP contribution in [-0.4, -0.2) is 4.98 Å². The Morgan fingerprint density at radius 1 is 0.882 bits per heavy atom. The zero-order valence-corrected chi connectivity index (χ0v) is 10.5. The van der Waals surface area contributed by atoms with Gasteiger partial charge >= 0.3 is 0 Å². The highest BCUT2D eigenvalue weighted by Crippen LogP contribution is 2.32. The van der Waals surface area contributed by atoms with Gasteiger partial charge in [-0.1, -0.05) is 41.9 Å². The van der Waals surface area contributed by atoms with E-state index in [1.807, 2.05) is 24.3 Å². The third kappa shape index (κ3) is 1.50. The van der Waals surface area contributed by atoms with Crippen LogP contribution in [0.4, 0.5) is 0 Å². The van der Waals surface area contributed by atoms with Crippen molar-refractivity contribution in [3.05, 3.63) is 52.7 Å². The molecule has 0 aliphatic heterocycles. The Balaban J connectivity index is 2.70. The number of nitrogens with zero attached hydrogens (tertiary/aromatic N) is 1. The molecule has 3 aromatic rings. The molecule has 0 saturated heterocycles. The van der Waals surface area contributed by atoms with Crippen molar-refractivity contribution in [3.8, 4) is 0 Å². The molecule has 0 amide bonds. The molecule has 1 heterocycles. The summed E-state index contributed by atoms with van der Waals surface area (Å²) in [4.78, 5) is 4.47. The number of rotatable bonds is 0. The predicted molar refractivity (Wildman–Crippen MR) is 73.7 cm³/mol. The molecule has 0 aliphatic carbocycles. The van der Waals surface area contributed by atoms with E-state index in [0.717, 1.165) is 10.9 Å². The Hall–Kier alpha value is -1.60. The van der Waals surface area contributed by atoms with Crippen molar-refractivity contribution in [2.24, 2.45) is 0 Å². The van der Waals surface area contributed by atoms with Gasteiger partial charge in [-0.05, 0) is 36.4 Å². The number of fused-ring (bicyclic) bond motifs is 3. The van der Waals surface area contributed by atoms with E-state index in [9.17, 15) is 0 Å². The van der Waals surface area contributed by atoms with Crippen molar-refractivity contribution in [1.29, 1.82) is 0 Å². The maximum Gasteiger partial charge on any atom is 0.137 e. The largest absolute Gasteiger partial charge is 0.235 e. The highest BCUT2D eigenvalue weighted by molar-refractivity contribution is 6.36. The van der Waals surface area contributed by atoms with Crippen molar-refractivity contribution in [2.45, 2.75) is 13.8 Å². The van der Waals surface area contributed by atoms with Gasteiger partial charge in [0, 0.05) is 10.8 Å². The van der Waals surface area contributed by atoms with Gasteiger partial charge in [-0.25, -0.2) is 4.98 Å². The molecule has 17 heavy (non-hydrogen) atoms. The number of aryl methyl sites for hydroxylation is 2. The summed E-state index contributed by atoms with van der Waals surface area (Å²) in [5.41, 5.74) is 3.45. The first kappa shape index (κ1) is 10.5. The number of hydrogen-bond donors (Lipinski definition) is 0. The zero-order valence-electron chi connectivity index (χ0n) is 9.79. The van der Waals surface area contributed by atoms with Crippen LogP contribution in [0.5, 0.6) is 0 Å². The van der Waals surface area contributed by atoms with Crippen LogP contribution in [0.3, 0.4) is 0 Å². The first-order chi connectivity index (χ1) is 8.18. The SMILES string of the molecule is Cc1cccc2nc(Cl)c3cccc(C)c3c12. The van der Waals surface area contributed by atoms with Gasteiger partial charge in [0.05, 0.1) is 5.52 Å². The molecule has 0 radical (unpaired) electrons. The van der Waals surface area contributed by atoms with Gasteiger partial charge in [-0.15, -0.1) is 0 Å². The second kappa shape index (κ2) is 3.71. The van der Waals surface area contributed by atoms with E-state index in [1.54, 1.807) is 0 Å². The Bertz CT molecular complexity index is 732. The fraction of sp³-hybridized carbons (Fsp3) is 0.133. The van der Waals surface area contributed by atoms with Crippen LogP contribution in [0.1, 0.15) is 11.1 Å². The van der Waals surface area contributed by atoms with Crippen LogP contribution >= 0.6 is 11.6 Å². The molecule has 0 atom stereocenters. The lowest BCUT2D eigenvalue weighted by Crippen LogP contribution is -1.89. The Labute approximate surface area is 105 Å². The van der Waals surface area contributed by atoms with Crippen molar-refractivity contribution in [1.82, 2.24) is 4.98 Å². The standard InChI is InChI=1S/C15H12ClN/c1-9-5-3-7-11-13(9)14-10(2)6-4-8-12(14)17-15(11)16/h3-8H,1-2H3. The summed E-state index contributed by atoms with van der Waals surface area (Å²) in [6, 6.07) is 12.3. The summed E-state index contributed by atoms with van der Waals surface area (Å²) in [6.07, 6.45) is 0. The van der Waals surface area contributed by atoms with E-state index >= 15 is 0 Å². The molecule has 1 nitrogen and oxygen atoms in total. The first-order valence-electron chi connectivity index (χ1n) is 5.62. The molecule has 0 bridgehead atoms. The van der Waals surface area contributed by atoms with Gasteiger partial charge < -0.3 is 0 Å². The molecule has 1 aromatic heterocycles. The lowest BCUT2D eigenvalue weighted by molar-refractivity contribution is 1.41. The molecule has 3 rings (SSSR count). The van der Waals surface area contributed by atoms with Crippen molar-refractivity contribution >= 4 is 33.3 Å². The summed E-state index contributed by atoms with van der Waals surface area (Å²) in [5.74, 6) is 0. The molecule has 0 N–H and O–H groups in total. The number of halogens is 1. The number of hydrogen-bond acceptors (Lipinski definition) is 1. The smallest absolute Gasteiger partial charge is 0.137 e. The zero-order chi connectivity index (χ0) is 12.0. The summed E-state index contributed by atoms with van der Waals surface area (Å²) < 4.78 is 0. The van der Waals surface area contributed by atoms with Crippen LogP contribution in [0.15, 0.2) is 36.4 Å². The second-order valence-corrected chi connectivity index (χ2v) is 4.73. The first-order valence-corrected chi connectivity index (χ1v) is 6.00. The van der Waals surface area contributed by atoms with E-state index < -0.39 is 0 Å². The summed E-state index contributed by atoms with van der Waals surface area (Å²) in [6.45, 7) is 4.23. The Morgan fingerprint density at radius 2 is 1.53 bits per heavy atom. The Kier molecular flexibility index (Phi) is 2.30. The molecule has 2 aromatic carbocycles. The molecular formula is C15H12ClN. The van der Waals surface area contributed by atoms with E-state index in [4.69, 9.17) is 11.6 Å². The number of benzene rings is 2. The fourth-order valence-corrected chi connectivity index (χ4v) is 2.66. The highest BCUT2D eigenvalue weighted by Gasteiger charge is 2.09. The average molecular weight is 242 g/mol. The van der Waals surface area contributed by atoms with Crippen LogP contribution in [-0.2, 0) is 0 Å². The molecule has 0 fully saturated rings. The molecule has 2 heteroatoms. The molecule has 0 saturated carbocycles. The van der Waals surface area contributed by atoms with Crippen molar-refractivity contribution in [2.75, 3.05) is 0 Å². The van der Waals surface area contributed by atoms with Gasteiger partial charge in [0.2, 0.25) is 0 Å². The average Bonchev–Trinajstić information content (AvgIpc) is 2.30. The Morgan fingerprint density at radius 3 is 2.29 bits per heavy atom. The normalized spacial score (nSPS) is 11.2. The molecule has 0 spiro atoms. The van der Waals surface area contributed by atoms with Crippen LogP contribution in [0.2, 0.25) is 5.15 Å². The summed E-state index contributed by atoms with van der Waals surface area (Å²) in [5, 5.41) is 4.06. The topological polar surface area (TPSA) is 12.9 Å². The molecule has 0 aliphatic rings. The van der Waals surface area contributed by atoms with Crippen LogP contribution in [0.25, 0.3) is 21.7 Å². The van der Waals surface area contributed by atoms with Crippen molar-refractivity contribution in [3.63, 3.8) is 0 Å². The van der Waals surface area contributed by atoms with E-state index in [0.29, 0.717) is 5.15 Å². The quantitative estimate of drug-likeness (QED) is 0.412. The lowest BCUT2D eigenvalue weighted by Gasteiger charge is -2.10. The number of pyridine rings is 1. The maximum atomic E-state index is 6.25. The van der Waals surface area contributed by atoms with Crippen LogP contribution in [0, 0.1) is 13.8 Å². The van der Waals surface area contributed by atoms with Crippen LogP contribution < -0.4 is 0 Å². The number of aromatic nitrogens is 1. The lowest BCUT2D eigenvalue weighted by atomic mass is 9.99. The minimum Gasteiger partial charge on any atom is -0.235 e. The highest BCUT2D eigenvalue weighted by atomic mass is 35.5. The minimum atomic E-state index is 0.585. The fourth-order valence-electron chi connectivity index (χ4n) is 2.41. The van der Waals surface area contributed by atoms with Crippen molar-refractivity contribution < 1.29 is 0 Å². The minimum absolute atomic E-state index is 0.585. The van der Waals surface area contributed by atoms with Gasteiger partial charge in [0.15, 0.2) is 0 Å². The molecular weight excluding hydrogens is 230 g/mol. The molecule has 84 valence electrons. The second-order valence-electron chi connectivity index (χ2n) is 4.37. The van der Waals surface area contributed by atoms with Gasteiger partial charge in [0.1, 0.15) is 5.15 Å². The van der Waals surface area contributed by atoms with E-state index in [2.05, 4.69) is 31.0 Å². The van der Waals surface area contributed by atoms with E-state index in [-0.39, 0.29) is 0 Å². The van der Waals surface area contributed by atoms with Gasteiger partial charge in [-0.3, -0.25) is 0 Å². The predicted octanol–water partition coefficient (Wildman–Crippen LogP) is 4.66. The third-order valence-electron chi connectivity index (χ3n) is 3.21. The maximum absolute atomic E-state index is 6.25. The van der Waals surface area contributed by atoms with Gasteiger partial charge in [0.25, 0.3) is 0 Å². The summed E-state index contributed by atoms with van der Waals surface area (Å²) >= 11 is 6.25.